The van der Waals surface area contributed by atoms with E-state index in [-0.39, 0.29) is 40.7 Å². The van der Waals surface area contributed by atoms with Crippen molar-refractivity contribution in [1.29, 1.82) is 0 Å². The van der Waals surface area contributed by atoms with Crippen LogP contribution in [0.4, 0.5) is 10.1 Å². The normalized spacial score (nSPS) is 15.8. The van der Waals surface area contributed by atoms with Gasteiger partial charge in [-0.15, -0.1) is 0 Å². The molecule has 0 aliphatic carbocycles. The number of benzene rings is 2. The lowest BCUT2D eigenvalue weighted by Gasteiger charge is -2.43. The van der Waals surface area contributed by atoms with Crippen molar-refractivity contribution in [2.24, 2.45) is 5.73 Å². The molecule has 1 fully saturated rings. The van der Waals surface area contributed by atoms with Crippen molar-refractivity contribution in [2.45, 2.75) is 31.3 Å². The van der Waals surface area contributed by atoms with Gasteiger partial charge in [0.15, 0.2) is 5.03 Å². The SMILES string of the molecule is CCOc1ccccc1-c1ccc(N2CCN(C(=O)c3ccc(F)cc3Cl)C[C@H]2CC)c(S(=O)(=O)NCCN)n1. The van der Waals surface area contributed by atoms with E-state index in [0.29, 0.717) is 55.4 Å². The molecule has 0 saturated carbocycles. The number of anilines is 1. The molecule has 9 nitrogen and oxygen atoms in total. The average Bonchev–Trinajstić information content (AvgIpc) is 2.95. The maximum Gasteiger partial charge on any atom is 0.260 e. The van der Waals surface area contributed by atoms with Gasteiger partial charge < -0.3 is 20.3 Å². The number of sulfonamides is 1. The second-order valence-corrected chi connectivity index (χ2v) is 11.4. The Morgan fingerprint density at radius 3 is 2.65 bits per heavy atom. The van der Waals surface area contributed by atoms with Crippen LogP contribution in [0.3, 0.4) is 0 Å². The zero-order valence-electron chi connectivity index (χ0n) is 22.4. The topological polar surface area (TPSA) is 118 Å². The van der Waals surface area contributed by atoms with Gasteiger partial charge in [-0.05, 0) is 55.8 Å². The molecule has 1 amide bonds. The Hall–Kier alpha value is -3.25. The molecule has 12 heteroatoms. The number of hydrogen-bond acceptors (Lipinski definition) is 7. The molecule has 40 heavy (non-hydrogen) atoms. The smallest absolute Gasteiger partial charge is 0.260 e. The summed E-state index contributed by atoms with van der Waals surface area (Å²) in [5, 5.41) is -0.0727. The summed E-state index contributed by atoms with van der Waals surface area (Å²) >= 11 is 6.15. The number of nitrogens with one attached hydrogen (secondary N) is 1. The van der Waals surface area contributed by atoms with Crippen LogP contribution in [0.25, 0.3) is 11.3 Å². The summed E-state index contributed by atoms with van der Waals surface area (Å²) in [6.07, 6.45) is 0.631. The number of aromatic nitrogens is 1. The van der Waals surface area contributed by atoms with Crippen LogP contribution >= 0.6 is 11.6 Å². The summed E-state index contributed by atoms with van der Waals surface area (Å²) in [6, 6.07) is 14.3. The quantitative estimate of drug-likeness (QED) is 0.368. The van der Waals surface area contributed by atoms with Crippen molar-refractivity contribution in [3.8, 4) is 17.0 Å². The molecule has 3 N–H and O–H groups in total. The van der Waals surface area contributed by atoms with Crippen molar-refractivity contribution in [2.75, 3.05) is 44.2 Å². The highest BCUT2D eigenvalue weighted by atomic mass is 35.5. The largest absolute Gasteiger partial charge is 0.493 e. The van der Waals surface area contributed by atoms with Gasteiger partial charge in [0, 0.05) is 44.3 Å². The predicted octanol–water partition coefficient (Wildman–Crippen LogP) is 3.92. The molecular weight excluding hydrogens is 557 g/mol. The number of halogens is 2. The number of rotatable bonds is 10. The van der Waals surface area contributed by atoms with E-state index in [9.17, 15) is 17.6 Å². The van der Waals surface area contributed by atoms with Gasteiger partial charge >= 0.3 is 0 Å². The monoisotopic (exact) mass is 589 g/mol. The van der Waals surface area contributed by atoms with E-state index in [2.05, 4.69) is 9.71 Å². The number of carbonyl (C=O) groups excluding carboxylic acids is 1. The maximum absolute atomic E-state index is 13.5. The minimum atomic E-state index is -4.03. The summed E-state index contributed by atoms with van der Waals surface area (Å²) in [6.45, 7) is 5.48. The number of hydrogen-bond donors (Lipinski definition) is 2. The molecule has 0 bridgehead atoms. The van der Waals surface area contributed by atoms with E-state index >= 15 is 0 Å². The minimum absolute atomic E-state index is 0.0481. The third-order valence-corrected chi connectivity index (χ3v) is 8.41. The average molecular weight is 590 g/mol. The number of nitrogens with two attached hydrogens (primary N) is 1. The predicted molar refractivity (Wildman–Crippen MR) is 154 cm³/mol. The summed E-state index contributed by atoms with van der Waals surface area (Å²) in [4.78, 5) is 21.5. The molecule has 214 valence electrons. The van der Waals surface area contributed by atoms with Gasteiger partial charge in [0.25, 0.3) is 15.9 Å². The lowest BCUT2D eigenvalue weighted by Crippen LogP contribution is -2.55. The third-order valence-electron chi connectivity index (χ3n) is 6.71. The van der Waals surface area contributed by atoms with Crippen molar-refractivity contribution in [3.05, 3.63) is 71.0 Å². The highest BCUT2D eigenvalue weighted by Gasteiger charge is 2.34. The molecular formula is C28H33ClFN5O4S. The number of piperazine rings is 1. The fourth-order valence-electron chi connectivity index (χ4n) is 4.76. The first-order valence-electron chi connectivity index (χ1n) is 13.1. The van der Waals surface area contributed by atoms with Crippen LogP contribution in [-0.2, 0) is 10.0 Å². The van der Waals surface area contributed by atoms with Crippen molar-refractivity contribution in [1.82, 2.24) is 14.6 Å². The van der Waals surface area contributed by atoms with Gasteiger partial charge in [-0.2, -0.15) is 0 Å². The molecule has 1 aliphatic rings. The van der Waals surface area contributed by atoms with Crippen molar-refractivity contribution in [3.63, 3.8) is 0 Å². The van der Waals surface area contributed by atoms with Crippen LogP contribution in [0.15, 0.2) is 59.6 Å². The van der Waals surface area contributed by atoms with Crippen LogP contribution in [0.1, 0.15) is 30.6 Å². The number of ether oxygens (including phenoxy) is 1. The lowest BCUT2D eigenvalue weighted by atomic mass is 10.1. The molecule has 0 unspecified atom stereocenters. The maximum atomic E-state index is 13.5. The number of carbonyl (C=O) groups is 1. The standard InChI is InChI=1S/C28H33ClFN5O4S/c1-3-20-18-34(28(36)21-10-9-19(30)17-23(21)29)15-16-35(20)25-12-11-24(22-7-5-6-8-26(22)39-4-2)33-27(25)40(37,38)32-14-13-31/h5-12,17,20,32H,3-4,13-16,18,31H2,1-2H3/t20-/m1/s1. The fraction of sp³-hybridized carbons (Fsp3) is 0.357. The van der Waals surface area contributed by atoms with E-state index < -0.39 is 15.8 Å². The Kier molecular flexibility index (Phi) is 9.62. The molecule has 1 aromatic heterocycles. The number of nitrogens with zero attached hydrogens (tertiary/aromatic N) is 3. The fourth-order valence-corrected chi connectivity index (χ4v) is 6.21. The van der Waals surface area contributed by atoms with Gasteiger partial charge in [-0.25, -0.2) is 22.5 Å². The first-order valence-corrected chi connectivity index (χ1v) is 15.0. The van der Waals surface area contributed by atoms with Crippen molar-refractivity contribution >= 4 is 33.2 Å². The Balaban J connectivity index is 1.71. The van der Waals surface area contributed by atoms with Gasteiger partial charge in [-0.1, -0.05) is 30.7 Å². The molecule has 2 aromatic carbocycles. The molecule has 1 aliphatic heterocycles. The first kappa shape index (κ1) is 29.7. The summed E-state index contributed by atoms with van der Waals surface area (Å²) in [5.74, 6) is -0.224. The molecule has 3 aromatic rings. The third kappa shape index (κ3) is 6.38. The highest BCUT2D eigenvalue weighted by Crippen LogP contribution is 2.34. The zero-order valence-corrected chi connectivity index (χ0v) is 24.0. The van der Waals surface area contributed by atoms with Gasteiger partial charge in [0.1, 0.15) is 11.6 Å². The van der Waals surface area contributed by atoms with E-state index in [4.69, 9.17) is 22.1 Å². The van der Waals surface area contributed by atoms with E-state index in [1.54, 1.807) is 17.0 Å². The molecule has 1 atom stereocenters. The number of para-hydroxylation sites is 1. The summed E-state index contributed by atoms with van der Waals surface area (Å²) in [5.41, 5.74) is 7.36. The van der Waals surface area contributed by atoms with Crippen LogP contribution in [-0.4, -0.2) is 69.6 Å². The van der Waals surface area contributed by atoms with E-state index in [1.165, 1.54) is 12.1 Å². The summed E-state index contributed by atoms with van der Waals surface area (Å²) < 4.78 is 48.7. The number of amides is 1. The van der Waals surface area contributed by atoms with Gasteiger partial charge in [0.2, 0.25) is 0 Å². The Morgan fingerprint density at radius 2 is 1.95 bits per heavy atom. The molecule has 0 spiro atoms. The number of pyridine rings is 1. The highest BCUT2D eigenvalue weighted by molar-refractivity contribution is 7.89. The van der Waals surface area contributed by atoms with Crippen molar-refractivity contribution < 1.29 is 22.3 Å². The zero-order chi connectivity index (χ0) is 28.9. The Bertz CT molecular complexity index is 1470. The lowest BCUT2D eigenvalue weighted by molar-refractivity contribution is 0.0720. The van der Waals surface area contributed by atoms with Crippen LogP contribution in [0, 0.1) is 5.82 Å². The van der Waals surface area contributed by atoms with E-state index in [1.807, 2.05) is 43.0 Å². The molecule has 0 radical (unpaired) electrons. The van der Waals surface area contributed by atoms with Gasteiger partial charge in [0.05, 0.1) is 28.6 Å². The van der Waals surface area contributed by atoms with Crippen LogP contribution < -0.4 is 20.1 Å². The van der Waals surface area contributed by atoms with Crippen LogP contribution in [0.2, 0.25) is 5.02 Å². The first-order chi connectivity index (χ1) is 19.2. The van der Waals surface area contributed by atoms with Crippen LogP contribution in [0.5, 0.6) is 5.75 Å². The Labute approximate surface area is 239 Å². The molecule has 1 saturated heterocycles. The molecule has 4 rings (SSSR count). The van der Waals surface area contributed by atoms with E-state index in [0.717, 1.165) is 6.07 Å². The molecule has 2 heterocycles. The summed E-state index contributed by atoms with van der Waals surface area (Å²) in [7, 11) is -4.03. The Morgan fingerprint density at radius 1 is 1.18 bits per heavy atom. The minimum Gasteiger partial charge on any atom is -0.493 e. The second-order valence-electron chi connectivity index (χ2n) is 9.27. The second kappa shape index (κ2) is 12.9. The van der Waals surface area contributed by atoms with Gasteiger partial charge in [-0.3, -0.25) is 4.79 Å².